The van der Waals surface area contributed by atoms with Crippen LogP contribution in [0.3, 0.4) is 0 Å². The SMILES string of the molecule is CC(C)(C)Oc1ccc(CNC(=O)Cc2ccccc2[N+](=O)[O-])cc1. The van der Waals surface area contributed by atoms with Gasteiger partial charge in [-0.05, 0) is 38.5 Å². The van der Waals surface area contributed by atoms with Crippen molar-refractivity contribution in [2.24, 2.45) is 0 Å². The number of para-hydroxylation sites is 1. The quantitative estimate of drug-likeness (QED) is 0.642. The summed E-state index contributed by atoms with van der Waals surface area (Å²) in [6.07, 6.45) is -0.0254. The standard InChI is InChI=1S/C19H22N2O4/c1-19(2,3)25-16-10-8-14(9-11-16)13-20-18(22)12-15-6-4-5-7-17(15)21(23)24/h4-11H,12-13H2,1-3H3,(H,20,22). The lowest BCUT2D eigenvalue weighted by atomic mass is 10.1. The second-order valence-electron chi connectivity index (χ2n) is 6.70. The number of nitrogens with one attached hydrogen (secondary N) is 1. The van der Waals surface area contributed by atoms with E-state index >= 15 is 0 Å². The van der Waals surface area contributed by atoms with Crippen molar-refractivity contribution < 1.29 is 14.5 Å². The van der Waals surface area contributed by atoms with Gasteiger partial charge in [-0.3, -0.25) is 14.9 Å². The van der Waals surface area contributed by atoms with Crippen molar-refractivity contribution in [3.8, 4) is 5.75 Å². The Hall–Kier alpha value is -2.89. The largest absolute Gasteiger partial charge is 0.488 e. The zero-order chi connectivity index (χ0) is 18.4. The first-order valence-corrected chi connectivity index (χ1v) is 8.01. The van der Waals surface area contributed by atoms with Crippen LogP contribution in [0.4, 0.5) is 5.69 Å². The minimum atomic E-state index is -0.476. The van der Waals surface area contributed by atoms with Gasteiger partial charge in [0, 0.05) is 18.2 Å². The Kier molecular flexibility index (Phi) is 5.75. The van der Waals surface area contributed by atoms with E-state index in [2.05, 4.69) is 5.32 Å². The van der Waals surface area contributed by atoms with Gasteiger partial charge in [-0.25, -0.2) is 0 Å². The molecule has 0 heterocycles. The number of nitro benzene ring substituents is 1. The molecule has 1 N–H and O–H groups in total. The van der Waals surface area contributed by atoms with Crippen LogP contribution in [0.1, 0.15) is 31.9 Å². The fourth-order valence-corrected chi connectivity index (χ4v) is 2.30. The van der Waals surface area contributed by atoms with E-state index in [-0.39, 0.29) is 23.6 Å². The Morgan fingerprint density at radius 2 is 1.76 bits per heavy atom. The summed E-state index contributed by atoms with van der Waals surface area (Å²) in [4.78, 5) is 22.6. The molecule has 0 unspecified atom stereocenters. The van der Waals surface area contributed by atoms with Gasteiger partial charge in [-0.15, -0.1) is 0 Å². The molecule has 0 aliphatic heterocycles. The Morgan fingerprint density at radius 3 is 2.36 bits per heavy atom. The van der Waals surface area contributed by atoms with E-state index in [1.165, 1.54) is 6.07 Å². The second-order valence-corrected chi connectivity index (χ2v) is 6.70. The molecule has 132 valence electrons. The first kappa shape index (κ1) is 18.4. The van der Waals surface area contributed by atoms with Gasteiger partial charge in [-0.1, -0.05) is 30.3 Å². The van der Waals surface area contributed by atoms with Crippen molar-refractivity contribution in [1.29, 1.82) is 0 Å². The molecule has 1 amide bonds. The van der Waals surface area contributed by atoms with Crippen molar-refractivity contribution in [3.05, 3.63) is 69.8 Å². The fourth-order valence-electron chi connectivity index (χ4n) is 2.30. The first-order valence-electron chi connectivity index (χ1n) is 8.01. The third-order valence-electron chi connectivity index (χ3n) is 3.38. The zero-order valence-electron chi connectivity index (χ0n) is 14.6. The van der Waals surface area contributed by atoms with Crippen LogP contribution >= 0.6 is 0 Å². The van der Waals surface area contributed by atoms with Gasteiger partial charge in [0.1, 0.15) is 11.4 Å². The molecule has 0 fully saturated rings. The summed E-state index contributed by atoms with van der Waals surface area (Å²) in [5.41, 5.74) is 1.03. The first-order chi connectivity index (χ1) is 11.7. The molecular weight excluding hydrogens is 320 g/mol. The maximum atomic E-state index is 12.1. The maximum Gasteiger partial charge on any atom is 0.273 e. The molecule has 6 heteroatoms. The molecular formula is C19H22N2O4. The molecule has 6 nitrogen and oxygen atoms in total. The summed E-state index contributed by atoms with van der Waals surface area (Å²) in [5, 5.41) is 13.8. The Morgan fingerprint density at radius 1 is 1.12 bits per heavy atom. The molecule has 25 heavy (non-hydrogen) atoms. The smallest absolute Gasteiger partial charge is 0.273 e. The molecule has 0 aliphatic carbocycles. The number of nitro groups is 1. The van der Waals surface area contributed by atoms with Crippen molar-refractivity contribution in [3.63, 3.8) is 0 Å². The van der Waals surface area contributed by atoms with E-state index < -0.39 is 4.92 Å². The highest BCUT2D eigenvalue weighted by Crippen LogP contribution is 2.19. The molecule has 0 radical (unpaired) electrons. The average Bonchev–Trinajstić information content (AvgIpc) is 2.53. The van der Waals surface area contributed by atoms with E-state index in [0.717, 1.165) is 11.3 Å². The highest BCUT2D eigenvalue weighted by atomic mass is 16.6. The van der Waals surface area contributed by atoms with Crippen molar-refractivity contribution >= 4 is 11.6 Å². The normalized spacial score (nSPS) is 11.0. The molecule has 2 aromatic rings. The maximum absolute atomic E-state index is 12.1. The molecule has 0 atom stereocenters. The zero-order valence-corrected chi connectivity index (χ0v) is 14.6. The van der Waals surface area contributed by atoms with Gasteiger partial charge in [0.05, 0.1) is 11.3 Å². The third-order valence-corrected chi connectivity index (χ3v) is 3.38. The topological polar surface area (TPSA) is 81.5 Å². The molecule has 2 rings (SSSR count). The second kappa shape index (κ2) is 7.79. The fraction of sp³-hybridized carbons (Fsp3) is 0.316. The van der Waals surface area contributed by atoms with Crippen LogP contribution in [0.25, 0.3) is 0 Å². The molecule has 0 spiro atoms. The molecule has 0 saturated carbocycles. The Labute approximate surface area is 147 Å². The van der Waals surface area contributed by atoms with Crippen LogP contribution in [-0.4, -0.2) is 16.4 Å². The summed E-state index contributed by atoms with van der Waals surface area (Å²) >= 11 is 0. The van der Waals surface area contributed by atoms with Gasteiger partial charge in [0.15, 0.2) is 0 Å². The minimum absolute atomic E-state index is 0.0254. The van der Waals surface area contributed by atoms with Crippen LogP contribution in [0, 0.1) is 10.1 Å². The number of hydrogen-bond acceptors (Lipinski definition) is 4. The predicted octanol–water partition coefficient (Wildman–Crippen LogP) is 3.63. The highest BCUT2D eigenvalue weighted by molar-refractivity contribution is 5.79. The summed E-state index contributed by atoms with van der Waals surface area (Å²) < 4.78 is 5.75. The van der Waals surface area contributed by atoms with Crippen LogP contribution in [0.2, 0.25) is 0 Å². The minimum Gasteiger partial charge on any atom is -0.488 e. The Balaban J connectivity index is 1.91. The van der Waals surface area contributed by atoms with Gasteiger partial charge in [-0.2, -0.15) is 0 Å². The van der Waals surface area contributed by atoms with Crippen LogP contribution in [-0.2, 0) is 17.8 Å². The van der Waals surface area contributed by atoms with E-state index in [1.807, 2.05) is 45.0 Å². The average molecular weight is 342 g/mol. The lowest BCUT2D eigenvalue weighted by Gasteiger charge is -2.21. The lowest BCUT2D eigenvalue weighted by molar-refractivity contribution is -0.385. The molecule has 0 saturated heterocycles. The highest BCUT2D eigenvalue weighted by Gasteiger charge is 2.15. The van der Waals surface area contributed by atoms with Gasteiger partial charge < -0.3 is 10.1 Å². The number of carbonyl (C=O) groups is 1. The van der Waals surface area contributed by atoms with Gasteiger partial charge in [0.2, 0.25) is 5.91 Å². The number of ether oxygens (including phenoxy) is 1. The predicted molar refractivity (Wildman–Crippen MR) is 95.5 cm³/mol. The summed E-state index contributed by atoms with van der Waals surface area (Å²) in [7, 11) is 0. The number of carbonyl (C=O) groups excluding carboxylic acids is 1. The monoisotopic (exact) mass is 342 g/mol. The number of nitrogens with zero attached hydrogens (tertiary/aromatic N) is 1. The summed E-state index contributed by atoms with van der Waals surface area (Å²) in [5.74, 6) is 0.506. The number of rotatable bonds is 6. The number of amides is 1. The summed E-state index contributed by atoms with van der Waals surface area (Å²) in [6.45, 7) is 6.28. The van der Waals surface area contributed by atoms with E-state index in [1.54, 1.807) is 18.2 Å². The molecule has 0 bridgehead atoms. The number of benzene rings is 2. The van der Waals surface area contributed by atoms with Crippen LogP contribution in [0.15, 0.2) is 48.5 Å². The molecule has 0 aromatic heterocycles. The Bertz CT molecular complexity index is 749. The summed E-state index contributed by atoms with van der Waals surface area (Å²) in [6, 6.07) is 13.7. The van der Waals surface area contributed by atoms with Crippen molar-refractivity contribution in [2.45, 2.75) is 39.3 Å². The lowest BCUT2D eigenvalue weighted by Crippen LogP contribution is -2.25. The van der Waals surface area contributed by atoms with Crippen LogP contribution < -0.4 is 10.1 Å². The molecule has 2 aromatic carbocycles. The van der Waals surface area contributed by atoms with Gasteiger partial charge in [0.25, 0.3) is 5.69 Å². The van der Waals surface area contributed by atoms with Crippen molar-refractivity contribution in [2.75, 3.05) is 0 Å². The van der Waals surface area contributed by atoms with Crippen LogP contribution in [0.5, 0.6) is 5.75 Å². The van der Waals surface area contributed by atoms with E-state index in [9.17, 15) is 14.9 Å². The van der Waals surface area contributed by atoms with Crippen molar-refractivity contribution in [1.82, 2.24) is 5.32 Å². The van der Waals surface area contributed by atoms with E-state index in [0.29, 0.717) is 12.1 Å². The number of hydrogen-bond donors (Lipinski definition) is 1. The molecule has 0 aliphatic rings. The van der Waals surface area contributed by atoms with Gasteiger partial charge >= 0.3 is 0 Å². The van der Waals surface area contributed by atoms with E-state index in [4.69, 9.17) is 4.74 Å². The third kappa shape index (κ3) is 5.91.